The average Bonchev–Trinajstić information content (AvgIpc) is 3.54. The molecule has 0 unspecified atom stereocenters. The summed E-state index contributed by atoms with van der Waals surface area (Å²) in [7, 11) is 0. The standard InChI is InChI=1S/C31H53N11O10/c1-15(2)24(40-27(49)19(12-23(46)47)39-26(48)18(38-17(5)43)8-6-10-35-31(33)34)29(51)41-25(16(3)4)30(52)42-11-7-9-20(42)28(50)37-14-22(45)36-13-21(32)44/h15-16,18-20,24-25H,6-14H2,1-5H3,(H2,32,44)(H,36,45)(H,37,50)(H,38,43)(H,39,48)(H,40,49)(H,41,51)(H,46,47)(H4,33,34,35)/t18-,19-,20-,24-,25-/m0/s1. The molecule has 0 aromatic heterocycles. The molecule has 1 fully saturated rings. The molecule has 0 spiro atoms. The van der Waals surface area contributed by atoms with Gasteiger partial charge in [0.15, 0.2) is 5.96 Å². The average molecular weight is 740 g/mol. The van der Waals surface area contributed by atoms with Crippen molar-refractivity contribution in [3.63, 3.8) is 0 Å². The summed E-state index contributed by atoms with van der Waals surface area (Å²) in [5.74, 6) is -8.47. The lowest BCUT2D eigenvalue weighted by Crippen LogP contribution is -2.61. The molecule has 1 rings (SSSR count). The molecule has 1 aliphatic heterocycles. The van der Waals surface area contributed by atoms with E-state index in [0.29, 0.717) is 12.8 Å². The first kappa shape index (κ1) is 44.5. The molecule has 1 aliphatic rings. The molecule has 1 heterocycles. The fraction of sp³-hybridized carbons (Fsp3) is 0.677. The Labute approximate surface area is 301 Å². The highest BCUT2D eigenvalue weighted by molar-refractivity contribution is 5.98. The van der Waals surface area contributed by atoms with Crippen molar-refractivity contribution in [3.05, 3.63) is 0 Å². The van der Waals surface area contributed by atoms with Gasteiger partial charge < -0.3 is 59.1 Å². The van der Waals surface area contributed by atoms with Crippen molar-refractivity contribution < 1.29 is 48.3 Å². The maximum atomic E-state index is 13.7. The lowest BCUT2D eigenvalue weighted by molar-refractivity contribution is -0.143. The number of amides is 8. The van der Waals surface area contributed by atoms with Gasteiger partial charge in [0, 0.05) is 20.0 Å². The molecule has 8 amide bonds. The van der Waals surface area contributed by atoms with Gasteiger partial charge in [0.05, 0.1) is 19.5 Å². The van der Waals surface area contributed by atoms with Crippen molar-refractivity contribution in [2.75, 3.05) is 26.2 Å². The number of guanidine groups is 1. The van der Waals surface area contributed by atoms with E-state index in [2.05, 4.69) is 36.9 Å². The van der Waals surface area contributed by atoms with Gasteiger partial charge in [0.2, 0.25) is 47.3 Å². The van der Waals surface area contributed by atoms with Crippen LogP contribution in [-0.4, -0.2) is 126 Å². The normalized spacial score (nSPS) is 16.1. The number of nitrogens with one attached hydrogen (secondary N) is 6. The summed E-state index contributed by atoms with van der Waals surface area (Å²) >= 11 is 0. The van der Waals surface area contributed by atoms with Crippen LogP contribution in [0.5, 0.6) is 0 Å². The zero-order valence-electron chi connectivity index (χ0n) is 30.2. The number of carbonyl (C=O) groups excluding carboxylic acids is 8. The molecule has 0 bridgehead atoms. The summed E-state index contributed by atoms with van der Waals surface area (Å²) in [6.07, 6.45) is 0.215. The number of likely N-dealkylation sites (tertiary alicyclic amines) is 1. The molecule has 1 saturated heterocycles. The third-order valence-corrected chi connectivity index (χ3v) is 7.85. The second-order valence-corrected chi connectivity index (χ2v) is 13.0. The second-order valence-electron chi connectivity index (χ2n) is 13.0. The Balaban J connectivity index is 3.09. The van der Waals surface area contributed by atoms with Crippen LogP contribution >= 0.6 is 0 Å². The van der Waals surface area contributed by atoms with E-state index in [1.165, 1.54) is 11.8 Å². The third-order valence-electron chi connectivity index (χ3n) is 7.85. The van der Waals surface area contributed by atoms with Gasteiger partial charge in [-0.25, -0.2) is 0 Å². The first-order chi connectivity index (χ1) is 24.2. The van der Waals surface area contributed by atoms with E-state index in [9.17, 15) is 48.3 Å². The highest BCUT2D eigenvalue weighted by atomic mass is 16.4. The number of carboxylic acid groups (broad SMARTS) is 1. The van der Waals surface area contributed by atoms with Crippen molar-refractivity contribution in [1.29, 1.82) is 0 Å². The summed E-state index contributed by atoms with van der Waals surface area (Å²) in [6, 6.07) is -6.20. The van der Waals surface area contributed by atoms with Crippen LogP contribution < -0.4 is 49.1 Å². The van der Waals surface area contributed by atoms with Gasteiger partial charge >= 0.3 is 5.97 Å². The Kier molecular flexibility index (Phi) is 18.5. The number of hydrogen-bond donors (Lipinski definition) is 10. The molecule has 5 atom stereocenters. The van der Waals surface area contributed by atoms with E-state index in [4.69, 9.17) is 17.2 Å². The van der Waals surface area contributed by atoms with Gasteiger partial charge in [-0.05, 0) is 37.5 Å². The van der Waals surface area contributed by atoms with E-state index in [0.717, 1.165) is 0 Å². The topological polar surface area (TPSA) is 340 Å². The number of carbonyl (C=O) groups is 9. The molecule has 52 heavy (non-hydrogen) atoms. The highest BCUT2D eigenvalue weighted by Crippen LogP contribution is 2.21. The molecule has 0 saturated carbocycles. The largest absolute Gasteiger partial charge is 0.481 e. The van der Waals surface area contributed by atoms with E-state index in [-0.39, 0.29) is 31.9 Å². The van der Waals surface area contributed by atoms with Crippen molar-refractivity contribution >= 4 is 59.2 Å². The molecule has 0 aromatic rings. The number of aliphatic imine (C=N–C) groups is 1. The lowest BCUT2D eigenvalue weighted by atomic mass is 9.98. The summed E-state index contributed by atoms with van der Waals surface area (Å²) < 4.78 is 0. The van der Waals surface area contributed by atoms with E-state index < -0.39 is 115 Å². The van der Waals surface area contributed by atoms with E-state index in [1.54, 1.807) is 27.7 Å². The minimum atomic E-state index is -1.66. The highest BCUT2D eigenvalue weighted by Gasteiger charge is 2.40. The smallest absolute Gasteiger partial charge is 0.305 e. The van der Waals surface area contributed by atoms with Gasteiger partial charge in [-0.2, -0.15) is 0 Å². The third kappa shape index (κ3) is 15.6. The zero-order valence-corrected chi connectivity index (χ0v) is 30.2. The van der Waals surface area contributed by atoms with Crippen molar-refractivity contribution in [3.8, 4) is 0 Å². The Hall–Kier alpha value is -5.50. The molecule has 292 valence electrons. The number of carboxylic acids is 1. The molecular weight excluding hydrogens is 686 g/mol. The van der Waals surface area contributed by atoms with Crippen LogP contribution in [0.25, 0.3) is 0 Å². The van der Waals surface area contributed by atoms with Gasteiger partial charge in [-0.3, -0.25) is 48.1 Å². The van der Waals surface area contributed by atoms with Gasteiger partial charge in [-0.15, -0.1) is 0 Å². The quantitative estimate of drug-likeness (QED) is 0.0303. The molecule has 21 nitrogen and oxygen atoms in total. The van der Waals surface area contributed by atoms with Crippen molar-refractivity contribution in [2.45, 2.75) is 96.9 Å². The van der Waals surface area contributed by atoms with Crippen LogP contribution in [0.1, 0.15) is 66.7 Å². The Bertz CT molecular complexity index is 1370. The molecule has 0 aliphatic carbocycles. The fourth-order valence-electron chi connectivity index (χ4n) is 5.23. The molecule has 21 heteroatoms. The Morgan fingerprint density at radius 1 is 0.788 bits per heavy atom. The summed E-state index contributed by atoms with van der Waals surface area (Å²) in [5.41, 5.74) is 15.6. The van der Waals surface area contributed by atoms with E-state index in [1.807, 2.05) is 0 Å². The van der Waals surface area contributed by atoms with Gasteiger partial charge in [-0.1, -0.05) is 27.7 Å². The van der Waals surface area contributed by atoms with Crippen molar-refractivity contribution in [2.24, 2.45) is 34.0 Å². The van der Waals surface area contributed by atoms with Crippen LogP contribution in [-0.2, 0) is 43.2 Å². The van der Waals surface area contributed by atoms with Crippen LogP contribution in [0.2, 0.25) is 0 Å². The monoisotopic (exact) mass is 739 g/mol. The number of rotatable bonds is 21. The number of aliphatic carboxylic acids is 1. The predicted octanol–water partition coefficient (Wildman–Crippen LogP) is -4.51. The fourth-order valence-corrected chi connectivity index (χ4v) is 5.23. The van der Waals surface area contributed by atoms with Crippen LogP contribution in [0, 0.1) is 11.8 Å². The maximum Gasteiger partial charge on any atom is 0.305 e. The van der Waals surface area contributed by atoms with Gasteiger partial charge in [0.25, 0.3) is 0 Å². The molecule has 0 aromatic carbocycles. The SMILES string of the molecule is CC(=O)N[C@@H](CCCN=C(N)N)C(=O)N[C@@H](CC(=O)O)C(=O)N[C@H](C(=O)N[C@H](C(=O)N1CCC[C@H]1C(=O)NCC(=O)NCC(N)=O)C(C)C)C(C)C. The number of primary amides is 1. The summed E-state index contributed by atoms with van der Waals surface area (Å²) in [4.78, 5) is 118. The summed E-state index contributed by atoms with van der Waals surface area (Å²) in [5, 5.41) is 24.1. The molecule has 0 radical (unpaired) electrons. The second kappa shape index (κ2) is 21.7. The van der Waals surface area contributed by atoms with Gasteiger partial charge in [0.1, 0.15) is 30.2 Å². The van der Waals surface area contributed by atoms with Crippen molar-refractivity contribution in [1.82, 2.24) is 36.8 Å². The first-order valence-corrected chi connectivity index (χ1v) is 16.8. The minimum absolute atomic E-state index is 0.0527. The molecule has 13 N–H and O–H groups in total. The zero-order chi connectivity index (χ0) is 39.7. The number of hydrogen-bond acceptors (Lipinski definition) is 10. The number of nitrogens with zero attached hydrogens (tertiary/aromatic N) is 2. The Morgan fingerprint density at radius 3 is 1.92 bits per heavy atom. The maximum absolute atomic E-state index is 13.7. The molecular formula is C31H53N11O10. The Morgan fingerprint density at radius 2 is 1.38 bits per heavy atom. The predicted molar refractivity (Wildman–Crippen MR) is 185 cm³/mol. The van der Waals surface area contributed by atoms with Crippen LogP contribution in [0.4, 0.5) is 0 Å². The van der Waals surface area contributed by atoms with Crippen LogP contribution in [0.15, 0.2) is 4.99 Å². The van der Waals surface area contributed by atoms with Crippen LogP contribution in [0.3, 0.4) is 0 Å². The number of nitrogens with two attached hydrogens (primary N) is 3. The minimum Gasteiger partial charge on any atom is -0.481 e. The summed E-state index contributed by atoms with van der Waals surface area (Å²) in [6.45, 7) is 7.18. The van der Waals surface area contributed by atoms with E-state index >= 15 is 0 Å². The first-order valence-electron chi connectivity index (χ1n) is 16.8. The lowest BCUT2D eigenvalue weighted by Gasteiger charge is -2.32.